The van der Waals surface area contributed by atoms with Gasteiger partial charge in [0.2, 0.25) is 10.4 Å². The van der Waals surface area contributed by atoms with Gasteiger partial charge in [0.05, 0.1) is 0 Å². The van der Waals surface area contributed by atoms with Gasteiger partial charge in [-0.05, 0) is 0 Å². The molecule has 15 heteroatoms. The van der Waals surface area contributed by atoms with Gasteiger partial charge in [-0.25, -0.2) is 20.5 Å². The molecule has 0 unspecified atom stereocenters. The molecule has 0 bridgehead atoms. The Labute approximate surface area is 158 Å². The molecule has 0 atom stereocenters. The number of hydrogen-bond donors (Lipinski definition) is 0. The molecule has 0 amide bonds. The molecule has 9 nitrogen and oxygen atoms in total. The molecule has 0 aliphatic rings. The van der Waals surface area contributed by atoms with Crippen molar-refractivity contribution in [1.29, 1.82) is 0 Å². The van der Waals surface area contributed by atoms with E-state index in [2.05, 4.69) is 3.63 Å². The Bertz CT molecular complexity index is 466. The average molecular weight is 324 g/mol. The first-order valence-corrected chi connectivity index (χ1v) is 7.72. The summed E-state index contributed by atoms with van der Waals surface area (Å²) in [5, 5.41) is 0. The summed E-state index contributed by atoms with van der Waals surface area (Å²) in [6.45, 7) is 0. The first-order chi connectivity index (χ1) is 5.24. The fourth-order valence-electron chi connectivity index (χ4n) is 0.219. The Morgan fingerprint density at radius 3 is 1.31 bits per heavy atom. The number of hydrogen-bond acceptors (Lipinski definition) is 9. The van der Waals surface area contributed by atoms with Gasteiger partial charge < -0.3 is 13.7 Å². The van der Waals surface area contributed by atoms with E-state index in [9.17, 15) is 34.7 Å². The molecule has 0 spiro atoms. The zero-order valence-corrected chi connectivity index (χ0v) is 17.3. The van der Waals surface area contributed by atoms with Gasteiger partial charge in [0, 0.05) is 14.9 Å². The van der Waals surface area contributed by atoms with E-state index in [4.69, 9.17) is 0 Å². The van der Waals surface area contributed by atoms with Crippen LogP contribution in [0.5, 0.6) is 0 Å². The monoisotopic (exact) mass is 324 g/mol. The van der Waals surface area contributed by atoms with Gasteiger partial charge in [0.1, 0.15) is 0 Å². The third-order valence-corrected chi connectivity index (χ3v) is 6.70. The molecule has 0 heterocycles. The van der Waals surface area contributed by atoms with Crippen molar-refractivity contribution >= 4 is 28.2 Å². The third-order valence-electron chi connectivity index (χ3n) is 0.689. The fraction of sp³-hybridized carbons (Fsp3) is 1.00. The second kappa shape index (κ2) is 7.61. The maximum atomic E-state index is 10.6. The van der Waals surface area contributed by atoms with Crippen molar-refractivity contribution in [3.63, 3.8) is 0 Å². The third kappa shape index (κ3) is 8.90. The quantitative estimate of drug-likeness (QED) is 0.212. The normalized spacial score (nSPS) is 14.4. The zero-order chi connectivity index (χ0) is 11.2. The summed E-state index contributed by atoms with van der Waals surface area (Å²) in [7, 11) is -18.7. The minimum atomic E-state index is -6.74. The largest absolute Gasteiger partial charge is 1.00 e. The Kier molecular flexibility index (Phi) is 13.0. The van der Waals surface area contributed by atoms with Gasteiger partial charge in [0.15, 0.2) is 9.15 Å². The fourth-order valence-corrected chi connectivity index (χ4v) is 3.20. The molecule has 0 fully saturated rings. The van der Waals surface area contributed by atoms with Crippen molar-refractivity contribution in [2.75, 3.05) is 6.26 Å². The van der Waals surface area contributed by atoms with Crippen molar-refractivity contribution in [1.82, 2.24) is 0 Å². The summed E-state index contributed by atoms with van der Waals surface area (Å²) in [4.78, 5) is 0. The maximum Gasteiger partial charge on any atom is 1.00 e. The molecule has 16 heavy (non-hydrogen) atoms. The molecule has 82 valence electrons. The van der Waals surface area contributed by atoms with Gasteiger partial charge in [-0.3, -0.25) is 4.21 Å². The van der Waals surface area contributed by atoms with Crippen LogP contribution in [-0.4, -0.2) is 41.0 Å². The Morgan fingerprint density at radius 1 is 1.00 bits per heavy atom. The first-order valence-electron chi connectivity index (χ1n) is 2.24. The molecule has 0 aliphatic carbocycles. The van der Waals surface area contributed by atoms with E-state index in [-0.39, 0.29) is 94.9 Å². The van der Waals surface area contributed by atoms with Gasteiger partial charge in [-0.15, -0.1) is 0 Å². The molecular formula is CH3Na3O9S3. The molecule has 0 saturated carbocycles. The zero-order valence-electron chi connectivity index (χ0n) is 8.90. The summed E-state index contributed by atoms with van der Waals surface area (Å²) in [6, 6.07) is 0. The van der Waals surface area contributed by atoms with Crippen molar-refractivity contribution in [3.8, 4) is 0 Å². The van der Waals surface area contributed by atoms with Gasteiger partial charge in [-0.2, -0.15) is 0 Å². The predicted octanol–water partition coefficient (Wildman–Crippen LogP) is -11.6. The van der Waals surface area contributed by atoms with Crippen LogP contribution < -0.4 is 88.7 Å². The van der Waals surface area contributed by atoms with Crippen LogP contribution in [0, 0.1) is 0 Å². The summed E-state index contributed by atoms with van der Waals surface area (Å²) < 4.78 is 83.0. The molecule has 0 rings (SSSR count). The molecular weight excluding hydrogens is 321 g/mol. The van der Waals surface area contributed by atoms with E-state index in [1.54, 1.807) is 0 Å². The van der Waals surface area contributed by atoms with Gasteiger partial charge in [0.25, 0.3) is 0 Å². The van der Waals surface area contributed by atoms with Crippen molar-refractivity contribution in [2.24, 2.45) is 0 Å². The Hall–Kier alpha value is 2.89. The Balaban J connectivity index is -0.000000240. The van der Waals surface area contributed by atoms with Crippen LogP contribution in [0.3, 0.4) is 0 Å². The van der Waals surface area contributed by atoms with Crippen LogP contribution in [0.4, 0.5) is 0 Å². The van der Waals surface area contributed by atoms with Crippen molar-refractivity contribution in [2.45, 2.75) is 0 Å². The molecule has 0 radical (unpaired) electrons. The van der Waals surface area contributed by atoms with E-state index in [1.807, 2.05) is 0 Å². The maximum absolute atomic E-state index is 10.6. The topological polar surface area (TPSA) is 164 Å². The van der Waals surface area contributed by atoms with Crippen LogP contribution in [0.2, 0.25) is 0 Å². The first kappa shape index (κ1) is 27.3. The van der Waals surface area contributed by atoms with Crippen LogP contribution in [0.25, 0.3) is 0 Å². The molecule has 0 aromatic rings. The minimum Gasteiger partial charge on any atom is -0.758 e. The molecule has 0 saturated heterocycles. The van der Waals surface area contributed by atoms with Crippen LogP contribution in [0.15, 0.2) is 0 Å². The van der Waals surface area contributed by atoms with E-state index in [0.717, 1.165) is 0 Å². The molecule has 0 N–H and O–H groups in total. The Morgan fingerprint density at radius 2 is 1.25 bits per heavy atom. The van der Waals surface area contributed by atoms with E-state index in [0.29, 0.717) is 0 Å². The van der Waals surface area contributed by atoms with Crippen molar-refractivity contribution in [3.05, 3.63) is 0 Å². The standard InChI is InChI=1S/CH6O9S3.3Na/c1-13(8,9,12(5,6)7)10-11(2,3)4;;;/h1H3,(H,8,9)(H,2,3,4)(H,5,6,7);;;/q;3*+1/p-3. The van der Waals surface area contributed by atoms with Gasteiger partial charge >= 0.3 is 88.7 Å². The van der Waals surface area contributed by atoms with Gasteiger partial charge in [-0.1, -0.05) is 0 Å². The van der Waals surface area contributed by atoms with Crippen LogP contribution in [0.1, 0.15) is 0 Å². The summed E-state index contributed by atoms with van der Waals surface area (Å²) >= 11 is 0. The van der Waals surface area contributed by atoms with Crippen molar-refractivity contribution < 1.29 is 127 Å². The van der Waals surface area contributed by atoms with E-state index >= 15 is 0 Å². The SMILES string of the molecule is CS(=O)([O-])(OS(=O)(=O)[O-])S(=O)(=O)[O-].[Na+].[Na+].[Na+]. The van der Waals surface area contributed by atoms with Crippen LogP contribution in [-0.2, 0) is 31.8 Å². The minimum absolute atomic E-state index is 0. The average Bonchev–Trinajstić information content (AvgIpc) is 1.48. The molecule has 0 aliphatic heterocycles. The second-order valence-corrected chi connectivity index (χ2v) is 9.74. The molecule has 0 aromatic heterocycles. The second-order valence-electron chi connectivity index (χ2n) is 1.96. The molecule has 0 aromatic carbocycles. The number of rotatable bonds is 3. The summed E-state index contributed by atoms with van der Waals surface area (Å²) in [5.74, 6) is 0. The van der Waals surface area contributed by atoms with Crippen LogP contribution >= 0.6 is 0 Å². The van der Waals surface area contributed by atoms with E-state index < -0.39 is 28.2 Å². The summed E-state index contributed by atoms with van der Waals surface area (Å²) in [5.41, 5.74) is 0. The van der Waals surface area contributed by atoms with E-state index in [1.165, 1.54) is 0 Å². The summed E-state index contributed by atoms with van der Waals surface area (Å²) in [6.07, 6.45) is -0.311. The smallest absolute Gasteiger partial charge is 0.758 e. The predicted molar refractivity (Wildman–Crippen MR) is 35.3 cm³/mol.